The van der Waals surface area contributed by atoms with Gasteiger partial charge in [0, 0.05) is 17.6 Å². The van der Waals surface area contributed by atoms with E-state index >= 15 is 0 Å². The maximum absolute atomic E-state index is 10.5. The first-order valence-electron chi connectivity index (χ1n) is 9.87. The highest BCUT2D eigenvalue weighted by molar-refractivity contribution is 7.99. The molecular weight excluding hydrogens is 406 g/mol. The Morgan fingerprint density at radius 3 is 2.80 bits per heavy atom. The normalized spacial score (nSPS) is 25.0. The summed E-state index contributed by atoms with van der Waals surface area (Å²) in [5.41, 5.74) is 1.91. The van der Waals surface area contributed by atoms with E-state index in [1.165, 1.54) is 22.5 Å². The Morgan fingerprint density at radius 2 is 2.07 bits per heavy atom. The summed E-state index contributed by atoms with van der Waals surface area (Å²) in [5, 5.41) is 42.7. The summed E-state index contributed by atoms with van der Waals surface area (Å²) >= 11 is 1.53. The summed E-state index contributed by atoms with van der Waals surface area (Å²) in [6.07, 6.45) is 2.18. The van der Waals surface area contributed by atoms with Crippen molar-refractivity contribution in [2.45, 2.75) is 55.8 Å². The van der Waals surface area contributed by atoms with Crippen molar-refractivity contribution >= 4 is 28.7 Å². The van der Waals surface area contributed by atoms with Crippen LogP contribution in [0, 0.1) is 0 Å². The second kappa shape index (κ2) is 8.72. The summed E-state index contributed by atoms with van der Waals surface area (Å²) in [4.78, 5) is 12.4. The molecular formula is C19H25N7O3S. The third-order valence-corrected chi connectivity index (χ3v) is 6.07. The maximum Gasteiger partial charge on any atom is 0.191 e. The molecule has 0 aromatic carbocycles. The maximum atomic E-state index is 10.5. The fourth-order valence-electron chi connectivity index (χ4n) is 3.35. The molecule has 5 N–H and O–H groups in total. The van der Waals surface area contributed by atoms with Crippen LogP contribution in [-0.4, -0.2) is 69.3 Å². The first-order valence-corrected chi connectivity index (χ1v) is 10.9. The van der Waals surface area contributed by atoms with Crippen LogP contribution in [0.5, 0.6) is 0 Å². The lowest BCUT2D eigenvalue weighted by Crippen LogP contribution is -2.44. The molecule has 0 saturated carbocycles. The van der Waals surface area contributed by atoms with Crippen LogP contribution in [0.25, 0.3) is 11.2 Å². The van der Waals surface area contributed by atoms with Gasteiger partial charge in [-0.25, -0.2) is 14.6 Å². The number of aromatic amines is 1. The van der Waals surface area contributed by atoms with Gasteiger partial charge in [0.2, 0.25) is 0 Å². The number of nitrogens with one attached hydrogen (secondary N) is 2. The molecule has 0 saturated heterocycles. The molecule has 1 unspecified atom stereocenters. The number of aromatic nitrogens is 6. The van der Waals surface area contributed by atoms with Crippen LogP contribution in [0.4, 0.5) is 5.82 Å². The van der Waals surface area contributed by atoms with Crippen LogP contribution in [0.3, 0.4) is 0 Å². The molecule has 30 heavy (non-hydrogen) atoms. The summed E-state index contributed by atoms with van der Waals surface area (Å²) in [6, 6.07) is 3.15. The molecule has 0 spiro atoms. The zero-order valence-corrected chi connectivity index (χ0v) is 17.5. The molecule has 3 aromatic rings. The Labute approximate surface area is 177 Å². The van der Waals surface area contributed by atoms with Crippen molar-refractivity contribution in [2.75, 3.05) is 11.1 Å². The van der Waals surface area contributed by atoms with Crippen molar-refractivity contribution in [3.05, 3.63) is 36.2 Å². The van der Waals surface area contributed by atoms with Crippen LogP contribution < -0.4 is 5.32 Å². The SMILES string of the molecule is CCCSc1nc(NC(C)c2ccc[nH]2)c2nnn([C@@H]3C=C[C@H](O)[C@@H](O)[C@H]3O)c2n1. The molecule has 0 radical (unpaired) electrons. The Kier molecular flexibility index (Phi) is 6.04. The van der Waals surface area contributed by atoms with E-state index in [0.717, 1.165) is 17.9 Å². The monoisotopic (exact) mass is 431 g/mol. The van der Waals surface area contributed by atoms with Crippen molar-refractivity contribution in [3.8, 4) is 0 Å². The topological polar surface area (TPSA) is 145 Å². The predicted octanol–water partition coefficient (Wildman–Crippen LogP) is 1.42. The van der Waals surface area contributed by atoms with Gasteiger partial charge < -0.3 is 25.6 Å². The largest absolute Gasteiger partial charge is 0.388 e. The molecule has 3 heterocycles. The lowest BCUT2D eigenvalue weighted by atomic mass is 9.94. The molecule has 10 nitrogen and oxygen atoms in total. The molecule has 1 aliphatic carbocycles. The van der Waals surface area contributed by atoms with E-state index in [0.29, 0.717) is 22.1 Å². The number of aliphatic hydroxyl groups excluding tert-OH is 3. The average Bonchev–Trinajstić information content (AvgIpc) is 3.41. The van der Waals surface area contributed by atoms with Gasteiger partial charge in [0.05, 0.1) is 6.04 Å². The first kappa shape index (κ1) is 20.8. The van der Waals surface area contributed by atoms with E-state index in [4.69, 9.17) is 0 Å². The number of anilines is 1. The number of hydrogen-bond donors (Lipinski definition) is 5. The second-order valence-electron chi connectivity index (χ2n) is 7.25. The Hall–Kier alpha value is -2.47. The fourth-order valence-corrected chi connectivity index (χ4v) is 4.05. The number of aliphatic hydroxyl groups is 3. The zero-order chi connectivity index (χ0) is 21.3. The number of hydrogen-bond acceptors (Lipinski definition) is 9. The Morgan fingerprint density at radius 1 is 1.23 bits per heavy atom. The van der Waals surface area contributed by atoms with Crippen molar-refractivity contribution in [1.29, 1.82) is 0 Å². The van der Waals surface area contributed by atoms with E-state index in [9.17, 15) is 15.3 Å². The van der Waals surface area contributed by atoms with E-state index in [-0.39, 0.29) is 6.04 Å². The van der Waals surface area contributed by atoms with E-state index in [1.807, 2.05) is 25.3 Å². The van der Waals surface area contributed by atoms with Crippen LogP contribution >= 0.6 is 11.8 Å². The van der Waals surface area contributed by atoms with Gasteiger partial charge in [-0.15, -0.1) is 5.10 Å². The van der Waals surface area contributed by atoms with Gasteiger partial charge in [0.25, 0.3) is 0 Å². The van der Waals surface area contributed by atoms with Gasteiger partial charge in [0.1, 0.15) is 24.4 Å². The molecule has 0 aliphatic heterocycles. The molecule has 0 fully saturated rings. The van der Waals surface area contributed by atoms with Gasteiger partial charge in [-0.2, -0.15) is 0 Å². The molecule has 0 amide bonds. The average molecular weight is 432 g/mol. The molecule has 0 bridgehead atoms. The highest BCUT2D eigenvalue weighted by Crippen LogP contribution is 2.30. The molecule has 11 heteroatoms. The van der Waals surface area contributed by atoms with Crippen LogP contribution in [0.1, 0.15) is 38.0 Å². The Balaban J connectivity index is 1.75. The number of H-pyrrole nitrogens is 1. The lowest BCUT2D eigenvalue weighted by Gasteiger charge is -2.30. The minimum absolute atomic E-state index is 0.0515. The van der Waals surface area contributed by atoms with E-state index in [2.05, 4.69) is 37.5 Å². The molecule has 5 atom stereocenters. The predicted molar refractivity (Wildman–Crippen MR) is 113 cm³/mol. The molecule has 1 aliphatic rings. The number of fused-ring (bicyclic) bond motifs is 1. The quantitative estimate of drug-likeness (QED) is 0.213. The second-order valence-corrected chi connectivity index (χ2v) is 8.31. The molecule has 160 valence electrons. The van der Waals surface area contributed by atoms with Crippen LogP contribution in [0.15, 0.2) is 35.6 Å². The van der Waals surface area contributed by atoms with E-state index in [1.54, 1.807) is 6.08 Å². The zero-order valence-electron chi connectivity index (χ0n) is 16.7. The van der Waals surface area contributed by atoms with Crippen LogP contribution in [-0.2, 0) is 0 Å². The molecule has 4 rings (SSSR count). The standard InChI is InChI=1S/C19H25N7O3S/c1-3-9-30-19-22-17(21-10(2)11-5-4-8-20-11)14-18(23-19)26(25-24-14)12-6-7-13(27)16(29)15(12)28/h4-8,10,12-13,15-16,20,27-29H,3,9H2,1-2H3,(H,21,22,23)/t10?,12-,13+,15+,16-/m1/s1. The smallest absolute Gasteiger partial charge is 0.191 e. The fraction of sp³-hybridized carbons (Fsp3) is 0.474. The first-order chi connectivity index (χ1) is 14.5. The van der Waals surface area contributed by atoms with Crippen LogP contribution in [0.2, 0.25) is 0 Å². The minimum atomic E-state index is -1.32. The highest BCUT2D eigenvalue weighted by atomic mass is 32.2. The third-order valence-electron chi connectivity index (χ3n) is 5.02. The summed E-state index contributed by atoms with van der Waals surface area (Å²) < 4.78 is 1.47. The van der Waals surface area contributed by atoms with Gasteiger partial charge in [-0.3, -0.25) is 0 Å². The minimum Gasteiger partial charge on any atom is -0.388 e. The van der Waals surface area contributed by atoms with Crippen molar-refractivity contribution < 1.29 is 15.3 Å². The highest BCUT2D eigenvalue weighted by Gasteiger charge is 2.36. The third kappa shape index (κ3) is 3.93. The summed E-state index contributed by atoms with van der Waals surface area (Å²) in [7, 11) is 0. The van der Waals surface area contributed by atoms with Gasteiger partial charge in [0.15, 0.2) is 22.1 Å². The van der Waals surface area contributed by atoms with Crippen molar-refractivity contribution in [1.82, 2.24) is 29.9 Å². The van der Waals surface area contributed by atoms with Crippen molar-refractivity contribution in [3.63, 3.8) is 0 Å². The van der Waals surface area contributed by atoms with Crippen molar-refractivity contribution in [2.24, 2.45) is 0 Å². The summed E-state index contributed by atoms with van der Waals surface area (Å²) in [5.74, 6) is 1.40. The Bertz CT molecular complexity index is 1020. The van der Waals surface area contributed by atoms with E-state index < -0.39 is 24.4 Å². The molecule has 3 aromatic heterocycles. The number of nitrogens with zero attached hydrogens (tertiary/aromatic N) is 5. The van der Waals surface area contributed by atoms with Gasteiger partial charge in [-0.05, 0) is 25.5 Å². The number of thioether (sulfide) groups is 1. The van der Waals surface area contributed by atoms with Gasteiger partial charge >= 0.3 is 0 Å². The van der Waals surface area contributed by atoms with Gasteiger partial charge in [-0.1, -0.05) is 36.1 Å². The number of rotatable bonds is 7. The lowest BCUT2D eigenvalue weighted by molar-refractivity contribution is -0.0636. The summed E-state index contributed by atoms with van der Waals surface area (Å²) in [6.45, 7) is 4.09.